The van der Waals surface area contributed by atoms with E-state index in [1.54, 1.807) is 6.20 Å². The molecule has 3 heterocycles. The summed E-state index contributed by atoms with van der Waals surface area (Å²) in [7, 11) is 0. The Kier molecular flexibility index (Phi) is 3.24. The third-order valence-electron chi connectivity index (χ3n) is 2.85. The minimum absolute atomic E-state index is 0.510. The first-order chi connectivity index (χ1) is 8.33. The predicted molar refractivity (Wildman–Crippen MR) is 74.7 cm³/mol. The van der Waals surface area contributed by atoms with Gasteiger partial charge in [-0.3, -0.25) is 0 Å². The summed E-state index contributed by atoms with van der Waals surface area (Å²) in [5.74, 6) is 3.31. The number of hydrogen-bond donors (Lipinski definition) is 1. The Balaban J connectivity index is 1.90. The molecule has 1 aliphatic rings. The summed E-state index contributed by atoms with van der Waals surface area (Å²) in [4.78, 5) is 8.82. The molecule has 1 fully saturated rings. The van der Waals surface area contributed by atoms with E-state index in [1.165, 1.54) is 18.6 Å². The van der Waals surface area contributed by atoms with E-state index in [1.807, 2.05) is 28.6 Å². The lowest BCUT2D eigenvalue weighted by molar-refractivity contribution is 0.682. The van der Waals surface area contributed by atoms with Gasteiger partial charge >= 0.3 is 0 Å². The topological polar surface area (TPSA) is 42.2 Å². The number of halogens is 1. The van der Waals surface area contributed by atoms with Crippen LogP contribution in [-0.2, 0) is 0 Å². The van der Waals surface area contributed by atoms with Crippen molar-refractivity contribution in [3.8, 4) is 0 Å². The normalized spacial score (nSPS) is 20.6. The fraction of sp³-hybridized carbons (Fsp3) is 0.455. The molecule has 1 N–H and O–H groups in total. The van der Waals surface area contributed by atoms with E-state index in [4.69, 9.17) is 0 Å². The molecule has 4 nitrogen and oxygen atoms in total. The van der Waals surface area contributed by atoms with E-state index in [-0.39, 0.29) is 0 Å². The van der Waals surface area contributed by atoms with Crippen LogP contribution in [0.1, 0.15) is 12.8 Å². The lowest BCUT2D eigenvalue weighted by Crippen LogP contribution is -2.26. The van der Waals surface area contributed by atoms with Gasteiger partial charge in [-0.05, 0) is 34.5 Å². The van der Waals surface area contributed by atoms with Gasteiger partial charge in [-0.15, -0.1) is 0 Å². The number of hydrogen-bond acceptors (Lipinski definition) is 4. The standard InChI is InChI=1S/C11H13BrN4S/c12-9-6-16-4-3-13-11(16)10(15-9)14-8-2-1-5-17-7-8/h3-4,6,8H,1-2,5,7H2,(H,14,15). The van der Waals surface area contributed by atoms with Gasteiger partial charge in [-0.1, -0.05) is 0 Å². The van der Waals surface area contributed by atoms with E-state index in [9.17, 15) is 0 Å². The monoisotopic (exact) mass is 312 g/mol. The van der Waals surface area contributed by atoms with Gasteiger partial charge in [0.2, 0.25) is 0 Å². The lowest BCUT2D eigenvalue weighted by Gasteiger charge is -2.23. The largest absolute Gasteiger partial charge is 0.363 e. The molecule has 0 saturated carbocycles. The number of nitrogens with one attached hydrogen (secondary N) is 1. The molecule has 3 rings (SSSR count). The molecule has 17 heavy (non-hydrogen) atoms. The second-order valence-corrected chi connectivity index (χ2v) is 6.09. The second kappa shape index (κ2) is 4.86. The number of aromatic nitrogens is 3. The van der Waals surface area contributed by atoms with Crippen molar-refractivity contribution in [2.75, 3.05) is 16.8 Å². The van der Waals surface area contributed by atoms with Crippen LogP contribution in [-0.4, -0.2) is 31.9 Å². The molecule has 90 valence electrons. The number of rotatable bonds is 2. The molecule has 1 atom stereocenters. The van der Waals surface area contributed by atoms with Crippen molar-refractivity contribution < 1.29 is 0 Å². The van der Waals surface area contributed by atoms with Crippen molar-refractivity contribution >= 4 is 39.2 Å². The first-order valence-corrected chi connectivity index (χ1v) is 7.61. The number of fused-ring (bicyclic) bond motifs is 1. The maximum Gasteiger partial charge on any atom is 0.180 e. The van der Waals surface area contributed by atoms with Crippen molar-refractivity contribution in [2.24, 2.45) is 0 Å². The summed E-state index contributed by atoms with van der Waals surface area (Å²) in [5.41, 5.74) is 0.892. The number of imidazole rings is 1. The Labute approximate surface area is 112 Å². The van der Waals surface area contributed by atoms with Crippen molar-refractivity contribution in [3.05, 3.63) is 23.2 Å². The fourth-order valence-corrected chi connectivity index (χ4v) is 3.52. The SMILES string of the molecule is Brc1cn2ccnc2c(NC2CCCSC2)n1. The Morgan fingerprint density at radius 3 is 3.29 bits per heavy atom. The van der Waals surface area contributed by atoms with Gasteiger partial charge in [0.05, 0.1) is 0 Å². The molecule has 1 aliphatic heterocycles. The molecule has 1 unspecified atom stereocenters. The highest BCUT2D eigenvalue weighted by molar-refractivity contribution is 9.10. The zero-order valence-corrected chi connectivity index (χ0v) is 11.7. The van der Waals surface area contributed by atoms with Gasteiger partial charge in [-0.2, -0.15) is 11.8 Å². The minimum atomic E-state index is 0.510. The average molecular weight is 313 g/mol. The predicted octanol–water partition coefficient (Wildman–Crippen LogP) is 2.80. The Morgan fingerprint density at radius 2 is 2.47 bits per heavy atom. The second-order valence-electron chi connectivity index (χ2n) is 4.13. The smallest absolute Gasteiger partial charge is 0.180 e. The molecule has 0 bridgehead atoms. The van der Waals surface area contributed by atoms with Gasteiger partial charge < -0.3 is 9.72 Å². The van der Waals surface area contributed by atoms with Crippen LogP contribution in [0.5, 0.6) is 0 Å². The highest BCUT2D eigenvalue weighted by Gasteiger charge is 2.16. The molecule has 2 aromatic heterocycles. The van der Waals surface area contributed by atoms with Gasteiger partial charge in [0.15, 0.2) is 11.5 Å². The average Bonchev–Trinajstić information content (AvgIpc) is 2.78. The van der Waals surface area contributed by atoms with Crippen molar-refractivity contribution in [1.82, 2.24) is 14.4 Å². The Morgan fingerprint density at radius 1 is 1.53 bits per heavy atom. The van der Waals surface area contributed by atoms with Crippen LogP contribution in [0.2, 0.25) is 0 Å². The molecule has 6 heteroatoms. The highest BCUT2D eigenvalue weighted by atomic mass is 79.9. The summed E-state index contributed by atoms with van der Waals surface area (Å²) in [5, 5.41) is 3.51. The van der Waals surface area contributed by atoms with E-state index in [2.05, 4.69) is 31.2 Å². The summed E-state index contributed by atoms with van der Waals surface area (Å²) in [6.45, 7) is 0. The zero-order valence-electron chi connectivity index (χ0n) is 9.27. The molecule has 1 saturated heterocycles. The van der Waals surface area contributed by atoms with Gasteiger partial charge in [0.1, 0.15) is 4.60 Å². The van der Waals surface area contributed by atoms with Crippen LogP contribution >= 0.6 is 27.7 Å². The molecule has 2 aromatic rings. The Bertz CT molecular complexity index is 521. The van der Waals surface area contributed by atoms with Gasteiger partial charge in [0.25, 0.3) is 0 Å². The van der Waals surface area contributed by atoms with Crippen LogP contribution in [0.15, 0.2) is 23.2 Å². The zero-order chi connectivity index (χ0) is 11.7. The van der Waals surface area contributed by atoms with E-state index < -0.39 is 0 Å². The van der Waals surface area contributed by atoms with Crippen LogP contribution in [0.4, 0.5) is 5.82 Å². The highest BCUT2D eigenvalue weighted by Crippen LogP contribution is 2.23. The quantitative estimate of drug-likeness (QED) is 0.926. The first kappa shape index (κ1) is 11.3. The van der Waals surface area contributed by atoms with Crippen LogP contribution in [0.3, 0.4) is 0 Å². The molecule has 0 radical (unpaired) electrons. The van der Waals surface area contributed by atoms with E-state index in [0.717, 1.165) is 21.8 Å². The Hall–Kier alpha value is -0.750. The van der Waals surface area contributed by atoms with Gasteiger partial charge in [0, 0.05) is 30.4 Å². The molecule has 0 aliphatic carbocycles. The molecule has 0 amide bonds. The molecule has 0 aromatic carbocycles. The van der Waals surface area contributed by atoms with E-state index >= 15 is 0 Å². The van der Waals surface area contributed by atoms with E-state index in [0.29, 0.717) is 6.04 Å². The van der Waals surface area contributed by atoms with Crippen molar-refractivity contribution in [1.29, 1.82) is 0 Å². The molecular weight excluding hydrogens is 300 g/mol. The van der Waals surface area contributed by atoms with Gasteiger partial charge in [-0.25, -0.2) is 9.97 Å². The maximum absolute atomic E-state index is 4.48. The number of thioether (sulfide) groups is 1. The molecular formula is C11H13BrN4S. The molecule has 0 spiro atoms. The number of anilines is 1. The minimum Gasteiger partial charge on any atom is -0.363 e. The summed E-state index contributed by atoms with van der Waals surface area (Å²) in [6, 6.07) is 0.510. The fourth-order valence-electron chi connectivity index (χ4n) is 2.05. The lowest BCUT2D eigenvalue weighted by atomic mass is 10.2. The number of nitrogens with zero attached hydrogens (tertiary/aromatic N) is 3. The van der Waals surface area contributed by atoms with Crippen LogP contribution in [0, 0.1) is 0 Å². The summed E-state index contributed by atoms with van der Waals surface area (Å²) >= 11 is 5.43. The summed E-state index contributed by atoms with van der Waals surface area (Å²) in [6.07, 6.45) is 8.14. The van der Waals surface area contributed by atoms with Crippen molar-refractivity contribution in [2.45, 2.75) is 18.9 Å². The van der Waals surface area contributed by atoms with Crippen LogP contribution in [0.25, 0.3) is 5.65 Å². The third-order valence-corrected chi connectivity index (χ3v) is 4.44. The third kappa shape index (κ3) is 2.42. The van der Waals surface area contributed by atoms with Crippen molar-refractivity contribution in [3.63, 3.8) is 0 Å². The first-order valence-electron chi connectivity index (χ1n) is 5.66. The maximum atomic E-state index is 4.48. The van der Waals surface area contributed by atoms with Crippen LogP contribution < -0.4 is 5.32 Å². The summed E-state index contributed by atoms with van der Waals surface area (Å²) < 4.78 is 2.81.